The van der Waals surface area contributed by atoms with Crippen LogP contribution in [0.25, 0.3) is 0 Å². The Labute approximate surface area is 80.7 Å². The average molecular weight is 197 g/mol. The van der Waals surface area contributed by atoms with Crippen molar-refractivity contribution in [3.63, 3.8) is 0 Å². The summed E-state index contributed by atoms with van der Waals surface area (Å²) >= 11 is 0. The van der Waals surface area contributed by atoms with E-state index in [-0.39, 0.29) is 0 Å². The van der Waals surface area contributed by atoms with Crippen molar-refractivity contribution in [2.45, 2.75) is 5.79 Å². The number of ether oxygens (including phenoxy) is 2. The second-order valence-electron chi connectivity index (χ2n) is 3.14. The number of hydrogen-bond acceptors (Lipinski definition) is 5. The molecule has 0 unspecified atom stereocenters. The second-order valence-corrected chi connectivity index (χ2v) is 3.14. The first-order chi connectivity index (χ1) is 6.69. The van der Waals surface area contributed by atoms with Crippen molar-refractivity contribution in [2.24, 2.45) is 0 Å². The van der Waals surface area contributed by atoms with Crippen LogP contribution in [0.5, 0.6) is 11.5 Å². The molecule has 0 spiro atoms. The molecule has 4 N–H and O–H groups in total. The molecule has 14 heavy (non-hydrogen) atoms. The summed E-state index contributed by atoms with van der Waals surface area (Å²) < 4.78 is 10.5. The zero-order chi connectivity index (χ0) is 10.2. The van der Waals surface area contributed by atoms with Crippen LogP contribution in [0.4, 0.5) is 5.69 Å². The van der Waals surface area contributed by atoms with E-state index in [1.165, 1.54) is 0 Å². The van der Waals surface area contributed by atoms with Crippen molar-refractivity contribution in [1.29, 1.82) is 0 Å². The van der Waals surface area contributed by atoms with Crippen LogP contribution in [0.3, 0.4) is 0 Å². The van der Waals surface area contributed by atoms with Gasteiger partial charge in [-0.2, -0.15) is 0 Å². The summed E-state index contributed by atoms with van der Waals surface area (Å²) in [5.74, 6) is -0.453. The number of aliphatic hydroxyl groups is 2. The molecule has 0 atom stereocenters. The maximum absolute atomic E-state index is 9.02. The molecule has 5 nitrogen and oxygen atoms in total. The van der Waals surface area contributed by atoms with Crippen LogP contribution in [0.15, 0.2) is 18.2 Å². The Kier molecular flexibility index (Phi) is 1.98. The van der Waals surface area contributed by atoms with Gasteiger partial charge in [0.1, 0.15) is 13.2 Å². The number of rotatable bonds is 2. The Morgan fingerprint density at radius 3 is 2.43 bits per heavy atom. The minimum Gasteiger partial charge on any atom is -0.444 e. The molecule has 0 radical (unpaired) electrons. The van der Waals surface area contributed by atoms with E-state index in [1.807, 2.05) is 0 Å². The van der Waals surface area contributed by atoms with E-state index in [9.17, 15) is 0 Å². The molecule has 0 aliphatic carbocycles. The first-order valence-corrected chi connectivity index (χ1v) is 4.18. The highest BCUT2D eigenvalue weighted by Crippen LogP contribution is 2.40. The van der Waals surface area contributed by atoms with Gasteiger partial charge in [0.25, 0.3) is 5.79 Å². The van der Waals surface area contributed by atoms with Crippen molar-refractivity contribution < 1.29 is 19.7 Å². The molecule has 0 aromatic heterocycles. The highest BCUT2D eigenvalue weighted by atomic mass is 16.7. The molecule has 1 aliphatic heterocycles. The maximum Gasteiger partial charge on any atom is 0.297 e. The van der Waals surface area contributed by atoms with Crippen molar-refractivity contribution in [2.75, 3.05) is 18.9 Å². The number of nitrogens with two attached hydrogens (primary N) is 1. The fraction of sp³-hybridized carbons (Fsp3) is 0.333. The SMILES string of the molecule is Nc1ccc2c(c1)OC(CO)(CO)O2. The van der Waals surface area contributed by atoms with E-state index in [2.05, 4.69) is 0 Å². The van der Waals surface area contributed by atoms with Crippen LogP contribution in [-0.2, 0) is 0 Å². The first kappa shape index (κ1) is 9.11. The van der Waals surface area contributed by atoms with E-state index in [0.29, 0.717) is 17.2 Å². The number of benzene rings is 1. The van der Waals surface area contributed by atoms with Gasteiger partial charge in [-0.3, -0.25) is 0 Å². The zero-order valence-electron chi connectivity index (χ0n) is 7.43. The lowest BCUT2D eigenvalue weighted by Crippen LogP contribution is -2.46. The van der Waals surface area contributed by atoms with Crippen molar-refractivity contribution in [3.05, 3.63) is 18.2 Å². The third-order valence-corrected chi connectivity index (χ3v) is 2.04. The molecule has 1 heterocycles. The van der Waals surface area contributed by atoms with Gasteiger partial charge in [-0.15, -0.1) is 0 Å². The largest absolute Gasteiger partial charge is 0.444 e. The fourth-order valence-electron chi connectivity index (χ4n) is 1.29. The molecular weight excluding hydrogens is 186 g/mol. The molecule has 0 saturated heterocycles. The lowest BCUT2D eigenvalue weighted by molar-refractivity contribution is -0.143. The molecule has 1 aromatic carbocycles. The van der Waals surface area contributed by atoms with Gasteiger partial charge in [-0.25, -0.2) is 0 Å². The smallest absolute Gasteiger partial charge is 0.297 e. The molecule has 1 aromatic rings. The third-order valence-electron chi connectivity index (χ3n) is 2.04. The lowest BCUT2D eigenvalue weighted by Gasteiger charge is -2.22. The van der Waals surface area contributed by atoms with Crippen molar-refractivity contribution >= 4 is 5.69 Å². The number of anilines is 1. The van der Waals surface area contributed by atoms with Crippen LogP contribution in [0, 0.1) is 0 Å². The fourth-order valence-corrected chi connectivity index (χ4v) is 1.29. The Morgan fingerprint density at radius 1 is 1.14 bits per heavy atom. The van der Waals surface area contributed by atoms with Crippen molar-refractivity contribution in [3.8, 4) is 11.5 Å². The molecule has 76 valence electrons. The predicted octanol–water partition coefficient (Wildman–Crippen LogP) is -0.279. The summed E-state index contributed by atoms with van der Waals surface area (Å²) in [6, 6.07) is 4.88. The summed E-state index contributed by atoms with van der Waals surface area (Å²) in [5.41, 5.74) is 6.08. The van der Waals surface area contributed by atoms with E-state index < -0.39 is 19.0 Å². The van der Waals surface area contributed by atoms with Gasteiger partial charge in [0.05, 0.1) is 0 Å². The summed E-state index contributed by atoms with van der Waals surface area (Å²) in [5, 5.41) is 18.0. The van der Waals surface area contributed by atoms with Gasteiger partial charge in [-0.1, -0.05) is 0 Å². The molecule has 5 heteroatoms. The van der Waals surface area contributed by atoms with E-state index in [4.69, 9.17) is 25.4 Å². The minimum atomic E-state index is -1.36. The highest BCUT2D eigenvalue weighted by Gasteiger charge is 2.40. The first-order valence-electron chi connectivity index (χ1n) is 4.18. The monoisotopic (exact) mass is 197 g/mol. The Balaban J connectivity index is 2.33. The molecular formula is C9H11NO4. The summed E-state index contributed by atoms with van der Waals surface area (Å²) in [4.78, 5) is 0. The zero-order valence-corrected chi connectivity index (χ0v) is 7.43. The normalized spacial score (nSPS) is 17.0. The summed E-state index contributed by atoms with van der Waals surface area (Å²) in [7, 11) is 0. The number of nitrogen functional groups attached to an aromatic ring is 1. The predicted molar refractivity (Wildman–Crippen MR) is 49.0 cm³/mol. The molecule has 0 amide bonds. The molecule has 0 bridgehead atoms. The van der Waals surface area contributed by atoms with Gasteiger partial charge in [0.2, 0.25) is 0 Å². The minimum absolute atomic E-state index is 0.419. The van der Waals surface area contributed by atoms with E-state index in [1.54, 1.807) is 18.2 Å². The van der Waals surface area contributed by atoms with Crippen molar-refractivity contribution in [1.82, 2.24) is 0 Å². The van der Waals surface area contributed by atoms with Crippen LogP contribution >= 0.6 is 0 Å². The number of fused-ring (bicyclic) bond motifs is 1. The second kappa shape index (κ2) is 3.04. The third kappa shape index (κ3) is 1.26. The topological polar surface area (TPSA) is 84.9 Å². The molecule has 0 fully saturated rings. The van der Waals surface area contributed by atoms with Gasteiger partial charge in [0.15, 0.2) is 11.5 Å². The maximum atomic E-state index is 9.02. The number of hydrogen-bond donors (Lipinski definition) is 3. The van der Waals surface area contributed by atoms with E-state index >= 15 is 0 Å². The quantitative estimate of drug-likeness (QED) is 0.568. The standard InChI is InChI=1S/C9H11NO4/c10-6-1-2-7-8(3-6)14-9(4-11,5-12)13-7/h1-3,11-12H,4-5,10H2. The van der Waals surface area contributed by atoms with Gasteiger partial charge in [-0.05, 0) is 12.1 Å². The van der Waals surface area contributed by atoms with Crippen LogP contribution in [0.1, 0.15) is 0 Å². The molecule has 1 aliphatic rings. The van der Waals surface area contributed by atoms with Gasteiger partial charge >= 0.3 is 0 Å². The summed E-state index contributed by atoms with van der Waals surface area (Å²) in [6.07, 6.45) is 0. The molecule has 0 saturated carbocycles. The van der Waals surface area contributed by atoms with Crippen LogP contribution < -0.4 is 15.2 Å². The van der Waals surface area contributed by atoms with Gasteiger partial charge < -0.3 is 25.4 Å². The molecule has 2 rings (SSSR count). The average Bonchev–Trinajstić information content (AvgIpc) is 2.56. The Bertz CT molecular complexity index is 349. The number of aliphatic hydroxyl groups excluding tert-OH is 2. The van der Waals surface area contributed by atoms with E-state index in [0.717, 1.165) is 0 Å². The summed E-state index contributed by atoms with van der Waals surface area (Å²) in [6.45, 7) is -0.837. The van der Waals surface area contributed by atoms with Crippen LogP contribution in [-0.4, -0.2) is 29.2 Å². The highest BCUT2D eigenvalue weighted by molar-refractivity contribution is 5.53. The van der Waals surface area contributed by atoms with Crippen LogP contribution in [0.2, 0.25) is 0 Å². The Hall–Kier alpha value is -1.46. The Morgan fingerprint density at radius 2 is 1.79 bits per heavy atom. The van der Waals surface area contributed by atoms with Gasteiger partial charge in [0, 0.05) is 11.8 Å². The lowest BCUT2D eigenvalue weighted by atomic mass is 10.3.